The highest BCUT2D eigenvalue weighted by molar-refractivity contribution is 7.99. The normalized spacial score (nSPS) is 10.8. The first-order chi connectivity index (χ1) is 9.66. The number of thioether (sulfide) groups is 1. The Kier molecular flexibility index (Phi) is 5.11. The van der Waals surface area contributed by atoms with E-state index < -0.39 is 0 Å². The summed E-state index contributed by atoms with van der Waals surface area (Å²) in [6.07, 6.45) is 0. The molecule has 1 N–H and O–H groups in total. The Bertz CT molecular complexity index is 555. The minimum absolute atomic E-state index is 0.0234. The molecule has 7 heteroatoms. The maximum atomic E-state index is 11.8. The van der Waals surface area contributed by atoms with E-state index in [0.29, 0.717) is 11.5 Å². The smallest absolute Gasteiger partial charge is 0.234 e. The van der Waals surface area contributed by atoms with E-state index in [1.165, 1.54) is 11.8 Å². The lowest BCUT2D eigenvalue weighted by Gasteiger charge is -2.07. The molecule has 0 aliphatic rings. The molecule has 0 fully saturated rings. The van der Waals surface area contributed by atoms with E-state index in [4.69, 9.17) is 0 Å². The molecule has 1 heterocycles. The van der Waals surface area contributed by atoms with Gasteiger partial charge in [-0.1, -0.05) is 18.2 Å². The number of rotatable bonds is 6. The Morgan fingerprint density at radius 1 is 1.35 bits per heavy atom. The molecule has 1 amide bonds. The van der Waals surface area contributed by atoms with Crippen LogP contribution < -0.4 is 5.32 Å². The summed E-state index contributed by atoms with van der Waals surface area (Å²) in [5.74, 6) is 1.76. The highest BCUT2D eigenvalue weighted by atomic mass is 32.2. The molecule has 1 aromatic carbocycles. The average molecular weight is 291 g/mol. The molecular formula is C13H17N5OS. The fraction of sp³-hybridized carbons (Fsp3) is 0.385. The molecule has 0 spiro atoms. The summed E-state index contributed by atoms with van der Waals surface area (Å²) in [7, 11) is 0. The van der Waals surface area contributed by atoms with Gasteiger partial charge in [0.2, 0.25) is 5.91 Å². The van der Waals surface area contributed by atoms with Crippen molar-refractivity contribution in [2.24, 2.45) is 0 Å². The lowest BCUT2D eigenvalue weighted by molar-refractivity contribution is -0.113. The van der Waals surface area contributed by atoms with E-state index in [9.17, 15) is 4.79 Å². The number of benzene rings is 1. The number of anilines is 1. The van der Waals surface area contributed by atoms with Crippen LogP contribution in [0.1, 0.15) is 25.7 Å². The van der Waals surface area contributed by atoms with Gasteiger partial charge in [-0.3, -0.25) is 4.79 Å². The maximum absolute atomic E-state index is 11.8. The van der Waals surface area contributed by atoms with Crippen LogP contribution in [0, 0.1) is 0 Å². The molecule has 1 aromatic heterocycles. The summed E-state index contributed by atoms with van der Waals surface area (Å²) >= 11 is 1.49. The van der Waals surface area contributed by atoms with Gasteiger partial charge in [0.25, 0.3) is 0 Å². The van der Waals surface area contributed by atoms with Crippen molar-refractivity contribution in [3.8, 4) is 0 Å². The predicted molar refractivity (Wildman–Crippen MR) is 79.4 cm³/mol. The van der Waals surface area contributed by atoms with Gasteiger partial charge in [0.15, 0.2) is 5.82 Å². The molecule has 2 aromatic rings. The maximum Gasteiger partial charge on any atom is 0.234 e. The molecular weight excluding hydrogens is 274 g/mol. The van der Waals surface area contributed by atoms with Crippen molar-refractivity contribution in [1.29, 1.82) is 0 Å². The van der Waals surface area contributed by atoms with Crippen LogP contribution in [0.25, 0.3) is 0 Å². The van der Waals surface area contributed by atoms with E-state index in [2.05, 4.69) is 20.8 Å². The largest absolute Gasteiger partial charge is 0.325 e. The Hall–Kier alpha value is -1.89. The summed E-state index contributed by atoms with van der Waals surface area (Å²) in [5.41, 5.74) is 0.810. The summed E-state index contributed by atoms with van der Waals surface area (Å²) in [4.78, 5) is 11.8. The Morgan fingerprint density at radius 2 is 2.10 bits per heavy atom. The third kappa shape index (κ3) is 4.06. The first kappa shape index (κ1) is 14.5. The molecule has 2 rings (SSSR count). The first-order valence-electron chi connectivity index (χ1n) is 6.36. The summed E-state index contributed by atoms with van der Waals surface area (Å²) in [6, 6.07) is 9.64. The van der Waals surface area contributed by atoms with E-state index in [1.54, 1.807) is 4.68 Å². The van der Waals surface area contributed by atoms with Crippen molar-refractivity contribution in [1.82, 2.24) is 20.2 Å². The van der Waals surface area contributed by atoms with Crippen LogP contribution in [0.2, 0.25) is 0 Å². The van der Waals surface area contributed by atoms with Gasteiger partial charge in [-0.25, -0.2) is 4.68 Å². The molecule has 0 bridgehead atoms. The predicted octanol–water partition coefficient (Wildman–Crippen LogP) is 2.13. The zero-order valence-electron chi connectivity index (χ0n) is 11.5. The number of carbonyl (C=O) groups excluding carboxylic acids is 1. The van der Waals surface area contributed by atoms with Crippen molar-refractivity contribution in [3.05, 3.63) is 36.2 Å². The fourth-order valence-electron chi connectivity index (χ4n) is 1.66. The van der Waals surface area contributed by atoms with Gasteiger partial charge in [-0.2, -0.15) is 0 Å². The standard InChI is InChI=1S/C13H17N5OS/c1-10(2)18-12(15-16-17-18)8-20-9-13(19)14-11-6-4-3-5-7-11/h3-7,10H,8-9H2,1-2H3,(H,14,19). The first-order valence-corrected chi connectivity index (χ1v) is 7.51. The number of para-hydroxylation sites is 1. The minimum Gasteiger partial charge on any atom is -0.325 e. The highest BCUT2D eigenvalue weighted by Crippen LogP contribution is 2.13. The molecule has 0 atom stereocenters. The molecule has 106 valence electrons. The van der Waals surface area contributed by atoms with Crippen LogP contribution >= 0.6 is 11.8 Å². The SMILES string of the molecule is CC(C)n1nnnc1CSCC(=O)Nc1ccccc1. The lowest BCUT2D eigenvalue weighted by atomic mass is 10.3. The zero-order valence-corrected chi connectivity index (χ0v) is 12.3. The van der Waals surface area contributed by atoms with Crippen molar-refractivity contribution < 1.29 is 4.79 Å². The average Bonchev–Trinajstić information content (AvgIpc) is 2.88. The topological polar surface area (TPSA) is 72.7 Å². The second-order valence-electron chi connectivity index (χ2n) is 4.54. The quantitative estimate of drug-likeness (QED) is 0.882. The summed E-state index contributed by atoms with van der Waals surface area (Å²) in [6.45, 7) is 4.04. The number of aromatic nitrogens is 4. The minimum atomic E-state index is -0.0234. The molecule has 0 saturated carbocycles. The number of hydrogen-bond donors (Lipinski definition) is 1. The zero-order chi connectivity index (χ0) is 14.4. The van der Waals surface area contributed by atoms with Gasteiger partial charge in [-0.15, -0.1) is 16.9 Å². The molecule has 0 aliphatic heterocycles. The third-order valence-electron chi connectivity index (χ3n) is 2.57. The monoisotopic (exact) mass is 291 g/mol. The summed E-state index contributed by atoms with van der Waals surface area (Å²) in [5, 5.41) is 14.4. The van der Waals surface area contributed by atoms with Gasteiger partial charge < -0.3 is 5.32 Å². The van der Waals surface area contributed by atoms with Gasteiger partial charge >= 0.3 is 0 Å². The Morgan fingerprint density at radius 3 is 2.80 bits per heavy atom. The number of carbonyl (C=O) groups is 1. The third-order valence-corrected chi connectivity index (χ3v) is 3.50. The number of hydrogen-bond acceptors (Lipinski definition) is 5. The highest BCUT2D eigenvalue weighted by Gasteiger charge is 2.10. The van der Waals surface area contributed by atoms with Crippen LogP contribution in [0.5, 0.6) is 0 Å². The van der Waals surface area contributed by atoms with Crippen molar-refractivity contribution in [3.63, 3.8) is 0 Å². The summed E-state index contributed by atoms with van der Waals surface area (Å²) < 4.78 is 1.77. The van der Waals surface area contributed by atoms with Crippen LogP contribution in [-0.4, -0.2) is 31.9 Å². The van der Waals surface area contributed by atoms with Gasteiger partial charge in [0.1, 0.15) is 0 Å². The van der Waals surface area contributed by atoms with Crippen molar-refractivity contribution >= 4 is 23.4 Å². The number of nitrogens with zero attached hydrogens (tertiary/aromatic N) is 4. The fourth-order valence-corrected chi connectivity index (χ4v) is 2.39. The van der Waals surface area contributed by atoms with Gasteiger partial charge in [0.05, 0.1) is 17.5 Å². The Balaban J connectivity index is 1.78. The molecule has 0 radical (unpaired) electrons. The molecule has 6 nitrogen and oxygen atoms in total. The molecule has 0 aliphatic carbocycles. The van der Waals surface area contributed by atoms with Crippen LogP contribution in [0.4, 0.5) is 5.69 Å². The molecule has 0 unspecified atom stereocenters. The Labute approximate surface area is 121 Å². The lowest BCUT2D eigenvalue weighted by Crippen LogP contribution is -2.14. The van der Waals surface area contributed by atoms with Gasteiger partial charge in [-0.05, 0) is 36.4 Å². The number of tetrazole rings is 1. The van der Waals surface area contributed by atoms with Gasteiger partial charge in [0, 0.05) is 5.69 Å². The van der Waals surface area contributed by atoms with Crippen LogP contribution in [-0.2, 0) is 10.5 Å². The van der Waals surface area contributed by atoms with Crippen LogP contribution in [0.15, 0.2) is 30.3 Å². The van der Waals surface area contributed by atoms with Crippen molar-refractivity contribution in [2.75, 3.05) is 11.1 Å². The van der Waals surface area contributed by atoms with Crippen LogP contribution in [0.3, 0.4) is 0 Å². The second kappa shape index (κ2) is 7.04. The van der Waals surface area contributed by atoms with E-state index in [1.807, 2.05) is 44.2 Å². The second-order valence-corrected chi connectivity index (χ2v) is 5.53. The van der Waals surface area contributed by atoms with E-state index in [-0.39, 0.29) is 11.9 Å². The number of amides is 1. The molecule has 0 saturated heterocycles. The van der Waals surface area contributed by atoms with Crippen molar-refractivity contribution in [2.45, 2.75) is 25.6 Å². The number of nitrogens with one attached hydrogen (secondary N) is 1. The van der Waals surface area contributed by atoms with E-state index >= 15 is 0 Å². The molecule has 20 heavy (non-hydrogen) atoms. The van der Waals surface area contributed by atoms with E-state index in [0.717, 1.165) is 11.5 Å².